The van der Waals surface area contributed by atoms with Gasteiger partial charge in [0.05, 0.1) is 12.0 Å². The second kappa shape index (κ2) is 8.48. The number of anilines is 1. The summed E-state index contributed by atoms with van der Waals surface area (Å²) in [5.41, 5.74) is 1.49. The molecule has 2 aromatic carbocycles. The largest absolute Gasteiger partial charge is 0.497 e. The molecule has 0 radical (unpaired) electrons. The van der Waals surface area contributed by atoms with Crippen LogP contribution in [0.2, 0.25) is 0 Å². The summed E-state index contributed by atoms with van der Waals surface area (Å²) in [6.45, 7) is 1.12. The van der Waals surface area contributed by atoms with Gasteiger partial charge in [0.25, 0.3) is 10.0 Å². The number of nitrogens with one attached hydrogen (secondary N) is 2. The summed E-state index contributed by atoms with van der Waals surface area (Å²) >= 11 is 0. The number of carbonyl (C=O) groups is 2. The van der Waals surface area contributed by atoms with E-state index in [-0.39, 0.29) is 17.2 Å². The molecule has 0 bridgehead atoms. The number of amides is 2. The van der Waals surface area contributed by atoms with Crippen molar-refractivity contribution in [3.63, 3.8) is 0 Å². The van der Waals surface area contributed by atoms with Gasteiger partial charge >= 0.3 is 0 Å². The van der Waals surface area contributed by atoms with Crippen LogP contribution in [0.3, 0.4) is 0 Å². The maximum absolute atomic E-state index is 12.0. The van der Waals surface area contributed by atoms with E-state index in [1.54, 1.807) is 7.11 Å². The molecule has 0 atom stereocenters. The molecule has 0 fully saturated rings. The molecular formula is C18H20N2O5S. The summed E-state index contributed by atoms with van der Waals surface area (Å²) in [4.78, 5) is 22.9. The zero-order valence-corrected chi connectivity index (χ0v) is 15.3. The minimum absolute atomic E-state index is 0.0519. The summed E-state index contributed by atoms with van der Waals surface area (Å²) in [6.07, 6.45) is 0.864. The van der Waals surface area contributed by atoms with Crippen molar-refractivity contribution in [3.8, 4) is 5.75 Å². The van der Waals surface area contributed by atoms with Crippen LogP contribution < -0.4 is 14.8 Å². The number of rotatable bonds is 7. The molecule has 7 nitrogen and oxygen atoms in total. The van der Waals surface area contributed by atoms with Crippen molar-refractivity contribution in [1.82, 2.24) is 4.72 Å². The van der Waals surface area contributed by atoms with Crippen molar-refractivity contribution in [2.45, 2.75) is 24.7 Å². The summed E-state index contributed by atoms with van der Waals surface area (Å²) in [6, 6.07) is 13.1. The molecule has 138 valence electrons. The average molecular weight is 376 g/mol. The normalized spacial score (nSPS) is 10.8. The number of carbonyl (C=O) groups excluding carboxylic acids is 2. The molecule has 0 aliphatic heterocycles. The topological polar surface area (TPSA) is 102 Å². The van der Waals surface area contributed by atoms with Crippen molar-refractivity contribution in [1.29, 1.82) is 0 Å². The van der Waals surface area contributed by atoms with Crippen LogP contribution >= 0.6 is 0 Å². The van der Waals surface area contributed by atoms with Gasteiger partial charge in [-0.2, -0.15) is 0 Å². The van der Waals surface area contributed by atoms with Crippen molar-refractivity contribution in [2.75, 3.05) is 12.4 Å². The van der Waals surface area contributed by atoms with E-state index in [0.717, 1.165) is 18.2 Å². The van der Waals surface area contributed by atoms with Crippen LogP contribution in [-0.2, 0) is 26.0 Å². The van der Waals surface area contributed by atoms with Gasteiger partial charge < -0.3 is 10.1 Å². The molecular weight excluding hydrogens is 356 g/mol. The lowest BCUT2D eigenvalue weighted by Gasteiger charge is -2.08. The summed E-state index contributed by atoms with van der Waals surface area (Å²) in [5, 5.41) is 2.71. The Bertz CT molecular complexity index is 875. The minimum atomic E-state index is -3.88. The van der Waals surface area contributed by atoms with E-state index in [1.807, 2.05) is 29.0 Å². The van der Waals surface area contributed by atoms with Crippen molar-refractivity contribution >= 4 is 27.5 Å². The predicted octanol–water partition coefficient (Wildman–Crippen LogP) is 2.09. The second-order valence-corrected chi connectivity index (χ2v) is 7.26. The Morgan fingerprint density at radius 3 is 2.15 bits per heavy atom. The van der Waals surface area contributed by atoms with Gasteiger partial charge in [-0.05, 0) is 48.4 Å². The maximum atomic E-state index is 12.0. The lowest BCUT2D eigenvalue weighted by atomic mass is 10.1. The van der Waals surface area contributed by atoms with Crippen LogP contribution in [0.1, 0.15) is 18.9 Å². The predicted molar refractivity (Wildman–Crippen MR) is 97.4 cm³/mol. The van der Waals surface area contributed by atoms with E-state index < -0.39 is 15.9 Å². The Labute approximate surface area is 152 Å². The van der Waals surface area contributed by atoms with Crippen molar-refractivity contribution in [2.24, 2.45) is 0 Å². The summed E-state index contributed by atoms with van der Waals surface area (Å²) in [7, 11) is -2.29. The molecule has 8 heteroatoms. The van der Waals surface area contributed by atoms with Crippen LogP contribution in [-0.4, -0.2) is 27.3 Å². The van der Waals surface area contributed by atoms with Gasteiger partial charge in [-0.3, -0.25) is 9.59 Å². The first kappa shape index (κ1) is 19.5. The van der Waals surface area contributed by atoms with E-state index in [2.05, 4.69) is 5.32 Å². The summed E-state index contributed by atoms with van der Waals surface area (Å²) < 4.78 is 30.7. The van der Waals surface area contributed by atoms with Crippen molar-refractivity contribution < 1.29 is 22.7 Å². The first-order chi connectivity index (χ1) is 12.3. The van der Waals surface area contributed by atoms with Crippen LogP contribution in [0, 0.1) is 0 Å². The van der Waals surface area contributed by atoms with Gasteiger partial charge in [-0.1, -0.05) is 12.1 Å². The number of aryl methyl sites for hydroxylation is 1. The van der Waals surface area contributed by atoms with E-state index in [4.69, 9.17) is 4.74 Å². The molecule has 2 rings (SSSR count). The second-order valence-electron chi connectivity index (χ2n) is 5.58. The van der Waals surface area contributed by atoms with E-state index in [1.165, 1.54) is 24.3 Å². The van der Waals surface area contributed by atoms with Crippen LogP contribution in [0.5, 0.6) is 5.75 Å². The Morgan fingerprint density at radius 1 is 1.00 bits per heavy atom. The van der Waals surface area contributed by atoms with Gasteiger partial charge in [0.15, 0.2) is 0 Å². The number of hydrogen-bond acceptors (Lipinski definition) is 5. The van der Waals surface area contributed by atoms with E-state index in [9.17, 15) is 18.0 Å². The Morgan fingerprint density at radius 2 is 1.62 bits per heavy atom. The molecule has 0 saturated carbocycles. The summed E-state index contributed by atoms with van der Waals surface area (Å²) in [5.74, 6) is -0.0910. The molecule has 0 saturated heterocycles. The SMILES string of the molecule is COc1ccc(CCC(=O)Nc2ccc(S(=O)(=O)NC(C)=O)cc2)cc1. The fourth-order valence-electron chi connectivity index (χ4n) is 2.24. The Kier molecular flexibility index (Phi) is 6.35. The third kappa shape index (κ3) is 5.59. The molecule has 2 aromatic rings. The smallest absolute Gasteiger partial charge is 0.264 e. The third-order valence-corrected chi connectivity index (χ3v) is 4.98. The van der Waals surface area contributed by atoms with Gasteiger partial charge in [0.2, 0.25) is 11.8 Å². The lowest BCUT2D eigenvalue weighted by molar-refractivity contribution is -0.117. The standard InChI is InChI=1S/C18H20N2O5S/c1-13(21)20-26(23,24)17-10-6-15(7-11-17)19-18(22)12-5-14-3-8-16(25-2)9-4-14/h3-4,6-11H,5,12H2,1-2H3,(H,19,22)(H,20,21). The maximum Gasteiger partial charge on any atom is 0.264 e. The minimum Gasteiger partial charge on any atom is -0.497 e. The van der Waals surface area contributed by atoms with Gasteiger partial charge in [0, 0.05) is 19.0 Å². The van der Waals surface area contributed by atoms with E-state index in [0.29, 0.717) is 12.1 Å². The van der Waals surface area contributed by atoms with E-state index >= 15 is 0 Å². The molecule has 0 unspecified atom stereocenters. The average Bonchev–Trinajstić information content (AvgIpc) is 2.60. The third-order valence-electron chi connectivity index (χ3n) is 3.53. The fraction of sp³-hybridized carbons (Fsp3) is 0.222. The van der Waals surface area contributed by atoms with Gasteiger partial charge in [0.1, 0.15) is 5.75 Å². The first-order valence-corrected chi connectivity index (χ1v) is 9.35. The molecule has 0 heterocycles. The number of methoxy groups -OCH3 is 1. The molecule has 0 aliphatic carbocycles. The highest BCUT2D eigenvalue weighted by Gasteiger charge is 2.15. The number of benzene rings is 2. The molecule has 0 spiro atoms. The van der Waals surface area contributed by atoms with Crippen LogP contribution in [0.15, 0.2) is 53.4 Å². The van der Waals surface area contributed by atoms with Crippen molar-refractivity contribution in [3.05, 3.63) is 54.1 Å². The monoisotopic (exact) mass is 376 g/mol. The van der Waals surface area contributed by atoms with Crippen LogP contribution in [0.4, 0.5) is 5.69 Å². The lowest BCUT2D eigenvalue weighted by Crippen LogP contribution is -2.28. The quantitative estimate of drug-likeness (QED) is 0.770. The number of hydrogen-bond donors (Lipinski definition) is 2. The van der Waals surface area contributed by atoms with Gasteiger partial charge in [-0.15, -0.1) is 0 Å². The Hall–Kier alpha value is -2.87. The zero-order valence-electron chi connectivity index (χ0n) is 14.5. The highest BCUT2D eigenvalue weighted by molar-refractivity contribution is 7.90. The van der Waals surface area contributed by atoms with Gasteiger partial charge in [-0.25, -0.2) is 13.1 Å². The zero-order chi connectivity index (χ0) is 19.2. The van der Waals surface area contributed by atoms with Crippen LogP contribution in [0.25, 0.3) is 0 Å². The highest BCUT2D eigenvalue weighted by atomic mass is 32.2. The molecule has 0 aliphatic rings. The molecule has 2 amide bonds. The number of sulfonamides is 1. The molecule has 0 aromatic heterocycles. The first-order valence-electron chi connectivity index (χ1n) is 7.86. The fourth-order valence-corrected chi connectivity index (χ4v) is 3.23. The molecule has 26 heavy (non-hydrogen) atoms. The Balaban J connectivity index is 1.91. The number of ether oxygens (including phenoxy) is 1. The molecule has 2 N–H and O–H groups in total. The highest BCUT2D eigenvalue weighted by Crippen LogP contribution is 2.15.